The highest BCUT2D eigenvalue weighted by Gasteiger charge is 2.23. The summed E-state index contributed by atoms with van der Waals surface area (Å²) in [7, 11) is 0. The van der Waals surface area contributed by atoms with Crippen molar-refractivity contribution >= 4 is 0 Å². The van der Waals surface area contributed by atoms with Crippen LogP contribution in [0.15, 0.2) is 29.1 Å². The number of ether oxygens (including phenoxy) is 3. The Kier molecular flexibility index (Phi) is 5.75. The Morgan fingerprint density at radius 1 is 1.28 bits per heavy atom. The average Bonchev–Trinajstić information content (AvgIpc) is 2.73. The van der Waals surface area contributed by atoms with Gasteiger partial charge < -0.3 is 18.8 Å². The van der Waals surface area contributed by atoms with Gasteiger partial charge in [-0.2, -0.15) is 0 Å². The van der Waals surface area contributed by atoms with Gasteiger partial charge in [0.1, 0.15) is 18.5 Å². The molecule has 1 aromatic carbocycles. The van der Waals surface area contributed by atoms with E-state index in [1.165, 1.54) is 5.56 Å². The summed E-state index contributed by atoms with van der Waals surface area (Å²) < 4.78 is 18.9. The first-order valence-electron chi connectivity index (χ1n) is 10.2. The van der Waals surface area contributed by atoms with Crippen molar-refractivity contribution in [3.8, 4) is 28.8 Å². The van der Waals surface area contributed by atoms with Crippen molar-refractivity contribution in [1.29, 1.82) is 0 Å². The number of hydrogen-bond acceptors (Lipinski definition) is 4. The van der Waals surface area contributed by atoms with Crippen LogP contribution >= 0.6 is 0 Å². The molecule has 5 heteroatoms. The Morgan fingerprint density at radius 2 is 2.14 bits per heavy atom. The minimum absolute atomic E-state index is 0.0317. The van der Waals surface area contributed by atoms with E-state index >= 15 is 0 Å². The molecule has 0 N–H and O–H groups in total. The fraction of sp³-hybridized carbons (Fsp3) is 0.458. The van der Waals surface area contributed by atoms with Crippen LogP contribution in [0.3, 0.4) is 0 Å². The number of pyridine rings is 1. The highest BCUT2D eigenvalue weighted by Crippen LogP contribution is 2.35. The normalized spacial score (nSPS) is 17.9. The van der Waals surface area contributed by atoms with Crippen LogP contribution in [0, 0.1) is 24.7 Å². The lowest BCUT2D eigenvalue weighted by molar-refractivity contribution is -0.101. The monoisotopic (exact) mass is 393 g/mol. The molecule has 0 amide bonds. The van der Waals surface area contributed by atoms with E-state index in [1.807, 2.05) is 17.6 Å². The molecule has 4 rings (SSSR count). The van der Waals surface area contributed by atoms with Crippen LogP contribution in [-0.2, 0) is 22.4 Å². The Bertz CT molecular complexity index is 1020. The fourth-order valence-electron chi connectivity index (χ4n) is 3.83. The SMILES string of the molecule is Cc1c(OC[C@@H]2COCCO2)cc(=O)n2c1-c1ccc(C#CC(C)C)cc1CC2. The quantitative estimate of drug-likeness (QED) is 0.752. The Balaban J connectivity index is 1.66. The molecule has 0 radical (unpaired) electrons. The van der Waals surface area contributed by atoms with Gasteiger partial charge in [-0.25, -0.2) is 0 Å². The number of nitrogens with zero attached hydrogens (tertiary/aromatic N) is 1. The van der Waals surface area contributed by atoms with Crippen molar-refractivity contribution in [2.24, 2.45) is 5.92 Å². The molecule has 5 nitrogen and oxygen atoms in total. The molecule has 0 spiro atoms. The van der Waals surface area contributed by atoms with Crippen LogP contribution in [0.5, 0.6) is 5.75 Å². The second-order valence-corrected chi connectivity index (χ2v) is 7.90. The van der Waals surface area contributed by atoms with E-state index in [1.54, 1.807) is 6.07 Å². The molecule has 1 aromatic heterocycles. The second kappa shape index (κ2) is 8.44. The number of rotatable bonds is 3. The van der Waals surface area contributed by atoms with Crippen LogP contribution in [0.25, 0.3) is 11.3 Å². The molecular formula is C24H27NO4. The number of fused-ring (bicyclic) bond motifs is 3. The van der Waals surface area contributed by atoms with Gasteiger partial charge in [0, 0.05) is 35.2 Å². The summed E-state index contributed by atoms with van der Waals surface area (Å²) in [6, 6.07) is 7.86. The molecule has 152 valence electrons. The van der Waals surface area contributed by atoms with Gasteiger partial charge in [-0.15, -0.1) is 0 Å². The van der Waals surface area contributed by atoms with Crippen molar-refractivity contribution < 1.29 is 14.2 Å². The highest BCUT2D eigenvalue weighted by atomic mass is 16.6. The predicted octanol–water partition coefficient (Wildman–Crippen LogP) is 3.18. The molecule has 1 fully saturated rings. The number of hydrogen-bond donors (Lipinski definition) is 0. The van der Waals surface area contributed by atoms with E-state index in [2.05, 4.69) is 37.8 Å². The minimum Gasteiger partial charge on any atom is -0.490 e. The lowest BCUT2D eigenvalue weighted by atomic mass is 9.93. The summed E-state index contributed by atoms with van der Waals surface area (Å²) in [5, 5.41) is 0. The molecule has 2 aromatic rings. The highest BCUT2D eigenvalue weighted by molar-refractivity contribution is 5.72. The third-order valence-electron chi connectivity index (χ3n) is 5.30. The summed E-state index contributed by atoms with van der Waals surface area (Å²) in [5.41, 5.74) is 5.22. The maximum atomic E-state index is 12.7. The fourth-order valence-corrected chi connectivity index (χ4v) is 3.83. The van der Waals surface area contributed by atoms with Crippen LogP contribution in [0.1, 0.15) is 30.5 Å². The molecule has 0 unspecified atom stereocenters. The molecule has 0 aliphatic carbocycles. The summed E-state index contributed by atoms with van der Waals surface area (Å²) in [5.74, 6) is 7.42. The molecule has 0 bridgehead atoms. The first-order chi connectivity index (χ1) is 14.0. The van der Waals surface area contributed by atoms with Gasteiger partial charge in [-0.3, -0.25) is 4.79 Å². The minimum atomic E-state index is -0.101. The van der Waals surface area contributed by atoms with Crippen molar-refractivity contribution in [1.82, 2.24) is 4.57 Å². The smallest absolute Gasteiger partial charge is 0.254 e. The van der Waals surface area contributed by atoms with Crippen LogP contribution in [0.2, 0.25) is 0 Å². The first kappa shape index (κ1) is 19.8. The topological polar surface area (TPSA) is 49.7 Å². The number of aryl methyl sites for hydroxylation is 1. The van der Waals surface area contributed by atoms with Crippen LogP contribution in [0.4, 0.5) is 0 Å². The summed E-state index contributed by atoms with van der Waals surface area (Å²) >= 11 is 0. The van der Waals surface area contributed by atoms with Crippen molar-refractivity contribution in [3.63, 3.8) is 0 Å². The lowest BCUT2D eigenvalue weighted by Crippen LogP contribution is -2.34. The zero-order chi connectivity index (χ0) is 20.4. The predicted molar refractivity (Wildman–Crippen MR) is 112 cm³/mol. The summed E-state index contributed by atoms with van der Waals surface area (Å²) in [4.78, 5) is 12.7. The van der Waals surface area contributed by atoms with Crippen molar-refractivity contribution in [3.05, 3.63) is 51.3 Å². The number of benzene rings is 1. The average molecular weight is 393 g/mol. The molecule has 2 aliphatic rings. The standard InChI is InChI=1S/C24H27NO4/c1-16(2)4-5-18-6-7-21-19(12-18)8-9-25-23(26)13-22(17(3)24(21)25)29-15-20-14-27-10-11-28-20/h6-7,12-13,16,20H,8-11,14-15H2,1-3H3/t20-/m0/s1. The first-order valence-corrected chi connectivity index (χ1v) is 10.2. The van der Waals surface area contributed by atoms with Crippen LogP contribution in [-0.4, -0.2) is 37.1 Å². The second-order valence-electron chi connectivity index (χ2n) is 7.90. The molecular weight excluding hydrogens is 366 g/mol. The Labute approximate surface area is 171 Å². The third kappa shape index (κ3) is 4.24. The summed E-state index contributed by atoms with van der Waals surface area (Å²) in [6.07, 6.45) is 0.725. The van der Waals surface area contributed by atoms with E-state index in [0.29, 0.717) is 44.6 Å². The van der Waals surface area contributed by atoms with Gasteiger partial charge in [-0.1, -0.05) is 31.8 Å². The molecule has 29 heavy (non-hydrogen) atoms. The van der Waals surface area contributed by atoms with E-state index in [-0.39, 0.29) is 11.7 Å². The molecule has 0 saturated carbocycles. The van der Waals surface area contributed by atoms with E-state index in [4.69, 9.17) is 14.2 Å². The van der Waals surface area contributed by atoms with Gasteiger partial charge in [0.15, 0.2) is 0 Å². The zero-order valence-electron chi connectivity index (χ0n) is 17.3. The largest absolute Gasteiger partial charge is 0.490 e. The maximum Gasteiger partial charge on any atom is 0.254 e. The van der Waals surface area contributed by atoms with E-state index in [9.17, 15) is 4.79 Å². The third-order valence-corrected chi connectivity index (χ3v) is 5.30. The van der Waals surface area contributed by atoms with Gasteiger partial charge in [0.25, 0.3) is 5.56 Å². The van der Waals surface area contributed by atoms with Crippen LogP contribution < -0.4 is 10.3 Å². The van der Waals surface area contributed by atoms with Gasteiger partial charge in [0.05, 0.1) is 25.5 Å². The summed E-state index contributed by atoms with van der Waals surface area (Å²) in [6.45, 7) is 8.95. The van der Waals surface area contributed by atoms with Crippen molar-refractivity contribution in [2.45, 2.75) is 39.8 Å². The molecule has 1 atom stereocenters. The molecule has 1 saturated heterocycles. The molecule has 3 heterocycles. The lowest BCUT2D eigenvalue weighted by Gasteiger charge is -2.26. The Hall–Kier alpha value is -2.55. The van der Waals surface area contributed by atoms with Crippen molar-refractivity contribution in [2.75, 3.05) is 26.4 Å². The maximum absolute atomic E-state index is 12.7. The molecule has 2 aliphatic heterocycles. The van der Waals surface area contributed by atoms with Gasteiger partial charge in [0.2, 0.25) is 0 Å². The van der Waals surface area contributed by atoms with Gasteiger partial charge >= 0.3 is 0 Å². The van der Waals surface area contributed by atoms with Gasteiger partial charge in [-0.05, 0) is 31.0 Å². The number of aromatic nitrogens is 1. The van der Waals surface area contributed by atoms with E-state index < -0.39 is 0 Å². The Morgan fingerprint density at radius 3 is 2.90 bits per heavy atom. The zero-order valence-corrected chi connectivity index (χ0v) is 17.3. The van der Waals surface area contributed by atoms with E-state index in [0.717, 1.165) is 28.8 Å².